The van der Waals surface area contributed by atoms with Gasteiger partial charge in [-0.25, -0.2) is 9.97 Å². The predicted octanol–water partition coefficient (Wildman–Crippen LogP) is 3.85. The van der Waals surface area contributed by atoms with Crippen LogP contribution in [0, 0.1) is 0 Å². The van der Waals surface area contributed by atoms with Crippen molar-refractivity contribution >= 4 is 29.0 Å². The summed E-state index contributed by atoms with van der Waals surface area (Å²) in [5, 5.41) is 10.6. The van der Waals surface area contributed by atoms with E-state index >= 15 is 0 Å². The summed E-state index contributed by atoms with van der Waals surface area (Å²) in [5.41, 5.74) is 6.51. The number of carbonyl (C=O) groups is 1. The van der Waals surface area contributed by atoms with E-state index in [1.54, 1.807) is 19.1 Å². The number of nitrogens with zero attached hydrogens (tertiary/aromatic N) is 5. The molecule has 4 rings (SSSR count). The molecule has 166 valence electrons. The van der Waals surface area contributed by atoms with E-state index in [1.165, 1.54) is 17.2 Å². The van der Waals surface area contributed by atoms with E-state index in [0.29, 0.717) is 22.6 Å². The van der Waals surface area contributed by atoms with E-state index in [4.69, 9.17) is 17.3 Å². The minimum absolute atomic E-state index is 0.00448. The van der Waals surface area contributed by atoms with E-state index in [2.05, 4.69) is 25.5 Å². The molecule has 2 aromatic heterocycles. The summed E-state index contributed by atoms with van der Waals surface area (Å²) in [6.07, 6.45) is -3.06. The van der Waals surface area contributed by atoms with E-state index in [1.807, 2.05) is 0 Å². The molecule has 1 amide bonds. The smallest absolute Gasteiger partial charge is 0.399 e. The van der Waals surface area contributed by atoms with Gasteiger partial charge in [-0.1, -0.05) is 0 Å². The van der Waals surface area contributed by atoms with Gasteiger partial charge >= 0.3 is 6.18 Å². The Morgan fingerprint density at radius 1 is 1.25 bits per heavy atom. The first-order chi connectivity index (χ1) is 15.1. The van der Waals surface area contributed by atoms with E-state index in [0.717, 1.165) is 12.1 Å². The Hall–Kier alpha value is -3.47. The lowest BCUT2D eigenvalue weighted by molar-refractivity contribution is -0.137. The number of hydrogen-bond acceptors (Lipinski definition) is 7. The Balaban J connectivity index is 1.60. The minimum atomic E-state index is -4.52. The van der Waals surface area contributed by atoms with Crippen molar-refractivity contribution in [3.8, 4) is 0 Å². The zero-order valence-corrected chi connectivity index (χ0v) is 17.4. The van der Waals surface area contributed by atoms with Gasteiger partial charge in [-0.3, -0.25) is 4.79 Å². The minimum Gasteiger partial charge on any atom is -0.399 e. The molecule has 32 heavy (non-hydrogen) atoms. The Kier molecular flexibility index (Phi) is 5.59. The van der Waals surface area contributed by atoms with Crippen LogP contribution in [0.15, 0.2) is 36.5 Å². The lowest BCUT2D eigenvalue weighted by Gasteiger charge is -2.19. The zero-order chi connectivity index (χ0) is 23.0. The number of nitrogens with one attached hydrogen (secondary N) is 1. The number of carbonyl (C=O) groups excluding carboxylic acids is 1. The Bertz CT molecular complexity index is 1170. The van der Waals surface area contributed by atoms with Crippen LogP contribution < -0.4 is 11.1 Å². The van der Waals surface area contributed by atoms with Gasteiger partial charge in [-0.2, -0.15) is 18.3 Å². The molecule has 0 unspecified atom stereocenters. The number of halogens is 4. The highest BCUT2D eigenvalue weighted by molar-refractivity contribution is 6.28. The van der Waals surface area contributed by atoms with E-state index < -0.39 is 17.8 Å². The van der Waals surface area contributed by atoms with Gasteiger partial charge in [0, 0.05) is 17.4 Å². The normalized spacial score (nSPS) is 14.2. The fourth-order valence-corrected chi connectivity index (χ4v) is 3.63. The number of benzene rings is 1. The molecule has 1 atom stereocenters. The number of nitrogen functional groups attached to an aromatic ring is 1. The number of anilines is 2. The number of alkyl halides is 3. The number of fused-ring (bicyclic) bond motifs is 1. The van der Waals surface area contributed by atoms with Crippen molar-refractivity contribution < 1.29 is 18.0 Å². The van der Waals surface area contributed by atoms with Crippen molar-refractivity contribution in [2.45, 2.75) is 32.2 Å². The van der Waals surface area contributed by atoms with Crippen LogP contribution in [-0.2, 0) is 19.3 Å². The lowest BCUT2D eigenvalue weighted by Crippen LogP contribution is -2.26. The van der Waals surface area contributed by atoms with Crippen molar-refractivity contribution in [3.05, 3.63) is 69.9 Å². The van der Waals surface area contributed by atoms with Gasteiger partial charge in [0.25, 0.3) is 5.91 Å². The van der Waals surface area contributed by atoms with Crippen molar-refractivity contribution in [2.75, 3.05) is 11.1 Å². The molecule has 0 spiro atoms. The molecule has 1 aliphatic heterocycles. The van der Waals surface area contributed by atoms with Gasteiger partial charge in [0.2, 0.25) is 5.28 Å². The van der Waals surface area contributed by atoms with Crippen LogP contribution in [0.1, 0.15) is 45.8 Å². The topological polar surface area (TPSA) is 110 Å². The highest BCUT2D eigenvalue weighted by Gasteiger charge is 2.32. The Labute approximate surface area is 185 Å². The van der Waals surface area contributed by atoms with Crippen LogP contribution in [-0.4, -0.2) is 31.0 Å². The van der Waals surface area contributed by atoms with Crippen molar-refractivity contribution in [1.29, 1.82) is 0 Å². The standard InChI is InChI=1S/C20H17ClF3N7O/c1-10(11-5-12(20(22,23)24)7-13(25)6-11)27-17-14-8-31(9-16(14)28-19(21)29-17)18(32)15-3-2-4-26-30-15/h2-7,10H,8-9,25H2,1H3,(H,27,28,29)/t10-/m1/s1. The van der Waals surface area contributed by atoms with Gasteiger partial charge in [0.15, 0.2) is 5.69 Å². The number of amides is 1. The van der Waals surface area contributed by atoms with Gasteiger partial charge in [0.1, 0.15) is 5.82 Å². The van der Waals surface area contributed by atoms with Crippen LogP contribution in [0.3, 0.4) is 0 Å². The molecule has 0 fully saturated rings. The molecule has 0 saturated heterocycles. The van der Waals surface area contributed by atoms with Crippen LogP contribution in [0.5, 0.6) is 0 Å². The Morgan fingerprint density at radius 2 is 2.03 bits per heavy atom. The molecule has 12 heteroatoms. The number of hydrogen-bond donors (Lipinski definition) is 2. The number of nitrogens with two attached hydrogens (primary N) is 1. The first-order valence-corrected chi connectivity index (χ1v) is 9.86. The summed E-state index contributed by atoms with van der Waals surface area (Å²) < 4.78 is 39.5. The molecule has 1 aromatic carbocycles. The second kappa shape index (κ2) is 8.23. The molecule has 0 radical (unpaired) electrons. The van der Waals surface area contributed by atoms with Crippen molar-refractivity contribution in [1.82, 2.24) is 25.1 Å². The second-order valence-electron chi connectivity index (χ2n) is 7.29. The monoisotopic (exact) mass is 463 g/mol. The molecule has 1 aliphatic rings. The molecule has 3 heterocycles. The molecule has 0 saturated carbocycles. The number of rotatable bonds is 4. The van der Waals surface area contributed by atoms with Crippen LogP contribution >= 0.6 is 11.6 Å². The first kappa shape index (κ1) is 21.8. The van der Waals surface area contributed by atoms with Crippen molar-refractivity contribution in [2.24, 2.45) is 0 Å². The third kappa shape index (κ3) is 4.42. The maximum absolute atomic E-state index is 13.2. The summed E-state index contributed by atoms with van der Waals surface area (Å²) in [7, 11) is 0. The summed E-state index contributed by atoms with van der Waals surface area (Å²) in [6, 6.07) is 5.94. The molecular formula is C20H17ClF3N7O. The number of aromatic nitrogens is 4. The van der Waals surface area contributed by atoms with Gasteiger partial charge in [0.05, 0.1) is 30.4 Å². The van der Waals surface area contributed by atoms with Crippen LogP contribution in [0.4, 0.5) is 24.7 Å². The second-order valence-corrected chi connectivity index (χ2v) is 7.63. The van der Waals surface area contributed by atoms with Gasteiger partial charge in [-0.15, -0.1) is 5.10 Å². The third-order valence-corrected chi connectivity index (χ3v) is 5.16. The fourth-order valence-electron chi connectivity index (χ4n) is 3.44. The highest BCUT2D eigenvalue weighted by Crippen LogP contribution is 2.35. The molecule has 0 bridgehead atoms. The van der Waals surface area contributed by atoms with Crippen molar-refractivity contribution in [3.63, 3.8) is 0 Å². The maximum Gasteiger partial charge on any atom is 0.416 e. The van der Waals surface area contributed by atoms with E-state index in [9.17, 15) is 18.0 Å². The summed E-state index contributed by atoms with van der Waals surface area (Å²) >= 11 is 6.06. The molecular weight excluding hydrogens is 447 g/mol. The highest BCUT2D eigenvalue weighted by atomic mass is 35.5. The molecule has 8 nitrogen and oxygen atoms in total. The van der Waals surface area contributed by atoms with Crippen LogP contribution in [0.25, 0.3) is 0 Å². The van der Waals surface area contributed by atoms with Gasteiger partial charge in [-0.05, 0) is 54.4 Å². The van der Waals surface area contributed by atoms with Gasteiger partial charge < -0.3 is 16.0 Å². The maximum atomic E-state index is 13.2. The largest absolute Gasteiger partial charge is 0.416 e. The molecule has 3 N–H and O–H groups in total. The average Bonchev–Trinajstić information content (AvgIpc) is 3.17. The predicted molar refractivity (Wildman–Crippen MR) is 111 cm³/mol. The summed E-state index contributed by atoms with van der Waals surface area (Å²) in [5.74, 6) is -0.00481. The first-order valence-electron chi connectivity index (χ1n) is 9.48. The fraction of sp³-hybridized carbons (Fsp3) is 0.250. The quantitative estimate of drug-likeness (QED) is 0.446. The third-order valence-electron chi connectivity index (χ3n) is 4.99. The summed E-state index contributed by atoms with van der Waals surface area (Å²) in [4.78, 5) is 22.6. The lowest BCUT2D eigenvalue weighted by atomic mass is 10.0. The average molecular weight is 464 g/mol. The SMILES string of the molecule is C[C@@H](Nc1nc(Cl)nc2c1CN(C(=O)c1cccnn1)C2)c1cc(N)cc(C(F)(F)F)c1. The van der Waals surface area contributed by atoms with Crippen LogP contribution in [0.2, 0.25) is 5.28 Å². The summed E-state index contributed by atoms with van der Waals surface area (Å²) in [6.45, 7) is 2.04. The molecule has 3 aromatic rings. The zero-order valence-electron chi connectivity index (χ0n) is 16.7. The Morgan fingerprint density at radius 3 is 2.72 bits per heavy atom. The van der Waals surface area contributed by atoms with E-state index in [-0.39, 0.29) is 35.7 Å². The molecule has 0 aliphatic carbocycles.